The van der Waals surface area contributed by atoms with Crippen molar-refractivity contribution in [3.8, 4) is 11.4 Å². The highest BCUT2D eigenvalue weighted by molar-refractivity contribution is 6.31. The first-order valence-corrected chi connectivity index (χ1v) is 7.45. The smallest absolute Gasteiger partial charge is 0.198 e. The SMILES string of the molecule is Clc1nc(Cl)nc(-c2ccc3cc4ccccc4cc3c2)n1. The van der Waals surface area contributed by atoms with Gasteiger partial charge in [0.05, 0.1) is 0 Å². The number of hydrogen-bond acceptors (Lipinski definition) is 3. The molecule has 0 aliphatic carbocycles. The summed E-state index contributed by atoms with van der Waals surface area (Å²) in [5, 5.41) is 4.87. The van der Waals surface area contributed by atoms with Crippen LogP contribution in [0.4, 0.5) is 0 Å². The number of hydrogen-bond donors (Lipinski definition) is 0. The lowest BCUT2D eigenvalue weighted by Crippen LogP contribution is -1.93. The van der Waals surface area contributed by atoms with Crippen molar-refractivity contribution < 1.29 is 0 Å². The number of aromatic nitrogens is 3. The van der Waals surface area contributed by atoms with Gasteiger partial charge in [-0.1, -0.05) is 36.4 Å². The molecule has 0 bridgehead atoms. The van der Waals surface area contributed by atoms with E-state index in [0.717, 1.165) is 16.3 Å². The normalized spacial score (nSPS) is 11.2. The van der Waals surface area contributed by atoms with E-state index in [0.29, 0.717) is 5.82 Å². The van der Waals surface area contributed by atoms with Crippen LogP contribution >= 0.6 is 23.2 Å². The van der Waals surface area contributed by atoms with Gasteiger partial charge in [0, 0.05) is 5.56 Å². The fourth-order valence-electron chi connectivity index (χ4n) is 2.53. The molecular formula is C17H9Cl2N3. The summed E-state index contributed by atoms with van der Waals surface area (Å²) in [5.74, 6) is 0.472. The van der Waals surface area contributed by atoms with Crippen molar-refractivity contribution >= 4 is 44.7 Å². The molecule has 0 saturated heterocycles. The second kappa shape index (κ2) is 5.20. The first-order chi connectivity index (χ1) is 10.7. The van der Waals surface area contributed by atoms with Crippen molar-refractivity contribution in [3.63, 3.8) is 0 Å². The second-order valence-electron chi connectivity index (χ2n) is 4.96. The van der Waals surface area contributed by atoms with Gasteiger partial charge in [-0.3, -0.25) is 0 Å². The topological polar surface area (TPSA) is 38.7 Å². The minimum absolute atomic E-state index is 0.0913. The zero-order valence-corrected chi connectivity index (χ0v) is 12.8. The van der Waals surface area contributed by atoms with Gasteiger partial charge in [-0.05, 0) is 62.9 Å². The van der Waals surface area contributed by atoms with E-state index in [1.165, 1.54) is 10.8 Å². The maximum Gasteiger partial charge on any atom is 0.227 e. The number of nitrogens with zero attached hydrogens (tertiary/aromatic N) is 3. The average molecular weight is 326 g/mol. The third kappa shape index (κ3) is 2.39. The maximum atomic E-state index is 5.85. The van der Waals surface area contributed by atoms with E-state index in [4.69, 9.17) is 23.2 Å². The van der Waals surface area contributed by atoms with Gasteiger partial charge in [0.1, 0.15) is 0 Å². The van der Waals surface area contributed by atoms with Crippen molar-refractivity contribution in [3.05, 3.63) is 65.2 Å². The molecule has 0 fully saturated rings. The molecule has 4 aromatic rings. The highest BCUT2D eigenvalue weighted by Gasteiger charge is 2.07. The molecule has 3 aromatic carbocycles. The molecule has 0 radical (unpaired) electrons. The average Bonchev–Trinajstić information content (AvgIpc) is 2.51. The van der Waals surface area contributed by atoms with E-state index >= 15 is 0 Å². The Morgan fingerprint density at radius 1 is 0.591 bits per heavy atom. The zero-order valence-electron chi connectivity index (χ0n) is 11.3. The van der Waals surface area contributed by atoms with Gasteiger partial charge in [-0.15, -0.1) is 0 Å². The van der Waals surface area contributed by atoms with Crippen LogP contribution in [-0.4, -0.2) is 15.0 Å². The molecule has 0 spiro atoms. The number of rotatable bonds is 1. The molecule has 3 nitrogen and oxygen atoms in total. The van der Waals surface area contributed by atoms with Gasteiger partial charge in [0.15, 0.2) is 5.82 Å². The van der Waals surface area contributed by atoms with E-state index in [9.17, 15) is 0 Å². The maximum absolute atomic E-state index is 5.85. The molecular weight excluding hydrogens is 317 g/mol. The molecule has 106 valence electrons. The molecule has 5 heteroatoms. The van der Waals surface area contributed by atoms with Gasteiger partial charge in [0.2, 0.25) is 10.6 Å². The van der Waals surface area contributed by atoms with Crippen LogP contribution in [-0.2, 0) is 0 Å². The first-order valence-electron chi connectivity index (χ1n) is 6.69. The van der Waals surface area contributed by atoms with Gasteiger partial charge >= 0.3 is 0 Å². The molecule has 0 aliphatic rings. The molecule has 22 heavy (non-hydrogen) atoms. The lowest BCUT2D eigenvalue weighted by molar-refractivity contribution is 1.06. The van der Waals surface area contributed by atoms with E-state index in [1.807, 2.05) is 30.3 Å². The molecule has 1 heterocycles. The Morgan fingerprint density at radius 2 is 1.18 bits per heavy atom. The summed E-state index contributed by atoms with van der Waals surface area (Å²) in [6, 6.07) is 18.6. The van der Waals surface area contributed by atoms with Crippen LogP contribution < -0.4 is 0 Å². The fourth-order valence-corrected chi connectivity index (χ4v) is 2.90. The summed E-state index contributed by atoms with van der Waals surface area (Å²) in [5.41, 5.74) is 0.856. The van der Waals surface area contributed by atoms with Crippen molar-refractivity contribution in [1.82, 2.24) is 15.0 Å². The Bertz CT molecular complexity index is 995. The number of halogens is 2. The Labute approximate surface area is 136 Å². The van der Waals surface area contributed by atoms with E-state index in [1.54, 1.807) is 0 Å². The Morgan fingerprint density at radius 3 is 1.86 bits per heavy atom. The summed E-state index contributed by atoms with van der Waals surface area (Å²) in [6.45, 7) is 0. The van der Waals surface area contributed by atoms with E-state index in [2.05, 4.69) is 39.2 Å². The fraction of sp³-hybridized carbons (Fsp3) is 0. The van der Waals surface area contributed by atoms with Crippen molar-refractivity contribution in [2.75, 3.05) is 0 Å². The predicted octanol–water partition coefficient (Wildman–Crippen LogP) is 5.15. The molecule has 0 atom stereocenters. The number of fused-ring (bicyclic) bond motifs is 2. The van der Waals surface area contributed by atoms with Gasteiger partial charge in [-0.2, -0.15) is 15.0 Å². The predicted molar refractivity (Wildman–Crippen MR) is 90.3 cm³/mol. The summed E-state index contributed by atoms with van der Waals surface area (Å²) >= 11 is 11.7. The zero-order chi connectivity index (χ0) is 15.1. The van der Waals surface area contributed by atoms with Gasteiger partial charge < -0.3 is 0 Å². The molecule has 0 amide bonds. The van der Waals surface area contributed by atoms with Crippen molar-refractivity contribution in [2.45, 2.75) is 0 Å². The van der Waals surface area contributed by atoms with Crippen LogP contribution in [0.25, 0.3) is 32.9 Å². The van der Waals surface area contributed by atoms with Crippen LogP contribution in [0.15, 0.2) is 54.6 Å². The van der Waals surface area contributed by atoms with Crippen LogP contribution in [0.5, 0.6) is 0 Å². The standard InChI is InChI=1S/C17H9Cl2N3/c18-16-20-15(21-17(19)22-16)13-6-5-12-7-10-3-1-2-4-11(10)8-14(12)9-13/h1-9H. The summed E-state index contributed by atoms with van der Waals surface area (Å²) < 4.78 is 0. The summed E-state index contributed by atoms with van der Waals surface area (Å²) in [7, 11) is 0. The van der Waals surface area contributed by atoms with Crippen LogP contribution in [0.3, 0.4) is 0 Å². The third-order valence-electron chi connectivity index (χ3n) is 3.54. The summed E-state index contributed by atoms with van der Waals surface area (Å²) in [4.78, 5) is 12.0. The minimum atomic E-state index is 0.0913. The van der Waals surface area contributed by atoms with Gasteiger partial charge in [-0.25, -0.2) is 0 Å². The highest BCUT2D eigenvalue weighted by atomic mass is 35.5. The van der Waals surface area contributed by atoms with Crippen LogP contribution in [0.2, 0.25) is 10.6 Å². The number of benzene rings is 3. The van der Waals surface area contributed by atoms with E-state index in [-0.39, 0.29) is 10.6 Å². The largest absolute Gasteiger partial charge is 0.227 e. The molecule has 0 aliphatic heterocycles. The first kappa shape index (κ1) is 13.4. The molecule has 4 rings (SSSR count). The molecule has 0 unspecified atom stereocenters. The lowest BCUT2D eigenvalue weighted by atomic mass is 10.0. The second-order valence-corrected chi connectivity index (χ2v) is 5.63. The third-order valence-corrected chi connectivity index (χ3v) is 3.88. The minimum Gasteiger partial charge on any atom is -0.198 e. The van der Waals surface area contributed by atoms with Crippen LogP contribution in [0.1, 0.15) is 0 Å². The Kier molecular flexibility index (Phi) is 3.17. The molecule has 0 N–H and O–H groups in total. The lowest BCUT2D eigenvalue weighted by Gasteiger charge is -2.05. The highest BCUT2D eigenvalue weighted by Crippen LogP contribution is 2.27. The molecule has 0 saturated carbocycles. The Balaban J connectivity index is 1.94. The monoisotopic (exact) mass is 325 g/mol. The van der Waals surface area contributed by atoms with Crippen molar-refractivity contribution in [1.29, 1.82) is 0 Å². The Hall–Kier alpha value is -2.23. The van der Waals surface area contributed by atoms with Gasteiger partial charge in [0.25, 0.3) is 0 Å². The van der Waals surface area contributed by atoms with Crippen LogP contribution in [0, 0.1) is 0 Å². The quantitative estimate of drug-likeness (QED) is 0.454. The van der Waals surface area contributed by atoms with Crippen molar-refractivity contribution in [2.24, 2.45) is 0 Å². The molecule has 1 aromatic heterocycles. The van der Waals surface area contributed by atoms with E-state index < -0.39 is 0 Å². The summed E-state index contributed by atoms with van der Waals surface area (Å²) in [6.07, 6.45) is 0.